The van der Waals surface area contributed by atoms with Gasteiger partial charge in [0.05, 0.1) is 4.88 Å². The molecule has 0 bridgehead atoms. The molecule has 1 aromatic heterocycles. The molecular formula is C17H20O2S. The number of thiophene rings is 1. The highest BCUT2D eigenvalue weighted by molar-refractivity contribution is 7.14. The van der Waals surface area contributed by atoms with Gasteiger partial charge >= 0.3 is 0 Å². The van der Waals surface area contributed by atoms with Gasteiger partial charge in [-0.25, -0.2) is 0 Å². The van der Waals surface area contributed by atoms with Crippen LogP contribution in [0.3, 0.4) is 0 Å². The lowest BCUT2D eigenvalue weighted by Gasteiger charge is -2.05. The fourth-order valence-corrected chi connectivity index (χ4v) is 2.85. The number of benzene rings is 1. The van der Waals surface area contributed by atoms with Crippen LogP contribution in [0.1, 0.15) is 40.4 Å². The fourth-order valence-electron chi connectivity index (χ4n) is 1.98. The molecule has 2 aromatic rings. The van der Waals surface area contributed by atoms with Gasteiger partial charge < -0.3 is 4.74 Å². The Hall–Kier alpha value is -1.61. The number of hydrogen-bond donors (Lipinski definition) is 0. The minimum atomic E-state index is 0.0485. The topological polar surface area (TPSA) is 26.3 Å². The molecule has 0 radical (unpaired) electrons. The minimum Gasteiger partial charge on any atom is -0.485 e. The van der Waals surface area contributed by atoms with Crippen LogP contribution in [0.4, 0.5) is 0 Å². The van der Waals surface area contributed by atoms with E-state index in [1.54, 1.807) is 11.3 Å². The molecule has 0 atom stereocenters. The predicted molar refractivity (Wildman–Crippen MR) is 84.0 cm³/mol. The number of Topliss-reactive ketones (excluding diaryl/α,β-unsaturated/α-hetero) is 1. The number of carbonyl (C=O) groups excluding carboxylic acids is 1. The highest BCUT2D eigenvalue weighted by atomic mass is 32.1. The van der Waals surface area contributed by atoms with Crippen LogP contribution in [-0.4, -0.2) is 12.4 Å². The van der Waals surface area contributed by atoms with Crippen LogP contribution in [-0.2, 0) is 12.8 Å². The van der Waals surface area contributed by atoms with Crippen molar-refractivity contribution in [2.75, 3.05) is 6.61 Å². The molecular weight excluding hydrogens is 268 g/mol. The van der Waals surface area contributed by atoms with Gasteiger partial charge in [-0.1, -0.05) is 32.4 Å². The molecule has 1 aromatic carbocycles. The summed E-state index contributed by atoms with van der Waals surface area (Å²) in [5.41, 5.74) is 1.30. The molecule has 0 aliphatic heterocycles. The summed E-state index contributed by atoms with van der Waals surface area (Å²) >= 11 is 1.56. The summed E-state index contributed by atoms with van der Waals surface area (Å²) < 4.78 is 5.56. The lowest BCUT2D eigenvalue weighted by molar-refractivity contribution is 0.0925. The summed E-state index contributed by atoms with van der Waals surface area (Å²) in [7, 11) is 0. The molecule has 20 heavy (non-hydrogen) atoms. The first-order chi connectivity index (χ1) is 9.72. The Bertz CT molecular complexity index is 555. The van der Waals surface area contributed by atoms with Crippen LogP contribution in [0.15, 0.2) is 36.4 Å². The van der Waals surface area contributed by atoms with E-state index in [-0.39, 0.29) is 12.4 Å². The van der Waals surface area contributed by atoms with Gasteiger partial charge in [0.15, 0.2) is 6.61 Å². The number of rotatable bonds is 7. The van der Waals surface area contributed by atoms with Crippen LogP contribution in [0.5, 0.6) is 5.75 Å². The SMILES string of the molecule is CCCc1ccc(OCC(=O)c2ccc(CC)s2)cc1. The third kappa shape index (κ3) is 3.94. The van der Waals surface area contributed by atoms with Crippen molar-refractivity contribution < 1.29 is 9.53 Å². The van der Waals surface area contributed by atoms with Gasteiger partial charge in [0.25, 0.3) is 0 Å². The van der Waals surface area contributed by atoms with E-state index in [2.05, 4.69) is 26.0 Å². The number of aryl methyl sites for hydroxylation is 2. The van der Waals surface area contributed by atoms with E-state index in [4.69, 9.17) is 4.74 Å². The Morgan fingerprint density at radius 1 is 1.10 bits per heavy atom. The predicted octanol–water partition coefficient (Wildman–Crippen LogP) is 4.52. The first-order valence-electron chi connectivity index (χ1n) is 7.06. The maximum Gasteiger partial charge on any atom is 0.210 e. The molecule has 1 heterocycles. The molecule has 106 valence electrons. The van der Waals surface area contributed by atoms with Crippen molar-refractivity contribution in [2.24, 2.45) is 0 Å². The summed E-state index contributed by atoms with van der Waals surface area (Å²) in [6.07, 6.45) is 3.18. The maximum atomic E-state index is 12.0. The summed E-state index contributed by atoms with van der Waals surface area (Å²) in [6, 6.07) is 11.9. The second kappa shape index (κ2) is 7.25. The molecule has 0 spiro atoms. The van der Waals surface area contributed by atoms with Crippen molar-refractivity contribution >= 4 is 17.1 Å². The summed E-state index contributed by atoms with van der Waals surface area (Å²) in [5.74, 6) is 0.804. The Morgan fingerprint density at radius 3 is 2.45 bits per heavy atom. The summed E-state index contributed by atoms with van der Waals surface area (Å²) in [6.45, 7) is 4.36. The molecule has 0 N–H and O–H groups in total. The quantitative estimate of drug-likeness (QED) is 0.700. The smallest absolute Gasteiger partial charge is 0.210 e. The zero-order chi connectivity index (χ0) is 14.4. The molecule has 0 amide bonds. The van der Waals surface area contributed by atoms with Crippen molar-refractivity contribution in [3.05, 3.63) is 51.7 Å². The second-order valence-corrected chi connectivity index (χ2v) is 5.89. The number of ketones is 1. The zero-order valence-electron chi connectivity index (χ0n) is 12.0. The van der Waals surface area contributed by atoms with Crippen LogP contribution in [0.25, 0.3) is 0 Å². The van der Waals surface area contributed by atoms with Gasteiger partial charge in [0.1, 0.15) is 5.75 Å². The average molecular weight is 288 g/mol. The van der Waals surface area contributed by atoms with E-state index in [9.17, 15) is 4.79 Å². The Labute approximate surface area is 124 Å². The van der Waals surface area contributed by atoms with Gasteiger partial charge in [-0.3, -0.25) is 4.79 Å². The monoisotopic (exact) mass is 288 g/mol. The third-order valence-corrected chi connectivity index (χ3v) is 4.39. The van der Waals surface area contributed by atoms with Crippen molar-refractivity contribution in [3.8, 4) is 5.75 Å². The van der Waals surface area contributed by atoms with Gasteiger partial charge in [0.2, 0.25) is 5.78 Å². The molecule has 0 fully saturated rings. The molecule has 0 aliphatic rings. The largest absolute Gasteiger partial charge is 0.485 e. The van der Waals surface area contributed by atoms with Crippen LogP contribution >= 0.6 is 11.3 Å². The van der Waals surface area contributed by atoms with Crippen LogP contribution in [0, 0.1) is 0 Å². The standard InChI is InChI=1S/C17H20O2S/c1-3-5-13-6-8-14(9-7-13)19-12-16(18)17-11-10-15(4-2)20-17/h6-11H,3-5,12H2,1-2H3. The van der Waals surface area contributed by atoms with Crippen molar-refractivity contribution in [1.82, 2.24) is 0 Å². The normalized spacial score (nSPS) is 10.5. The molecule has 0 saturated heterocycles. The first-order valence-corrected chi connectivity index (χ1v) is 7.88. The molecule has 0 unspecified atom stereocenters. The van der Waals surface area contributed by atoms with Gasteiger partial charge in [-0.15, -0.1) is 11.3 Å². The average Bonchev–Trinajstić information content (AvgIpc) is 2.95. The number of hydrogen-bond acceptors (Lipinski definition) is 3. The summed E-state index contributed by atoms with van der Waals surface area (Å²) in [5, 5.41) is 0. The summed E-state index contributed by atoms with van der Waals surface area (Å²) in [4.78, 5) is 14.0. The van der Waals surface area contributed by atoms with E-state index in [1.807, 2.05) is 24.3 Å². The zero-order valence-corrected chi connectivity index (χ0v) is 12.8. The lowest BCUT2D eigenvalue weighted by Crippen LogP contribution is -2.10. The minimum absolute atomic E-state index is 0.0485. The number of carbonyl (C=O) groups is 1. The van der Waals surface area contributed by atoms with E-state index in [0.29, 0.717) is 0 Å². The number of ether oxygens (including phenoxy) is 1. The van der Waals surface area contributed by atoms with Crippen LogP contribution < -0.4 is 4.74 Å². The highest BCUT2D eigenvalue weighted by Gasteiger charge is 2.09. The third-order valence-electron chi connectivity index (χ3n) is 3.12. The van der Waals surface area contributed by atoms with Crippen LogP contribution in [0.2, 0.25) is 0 Å². The maximum absolute atomic E-state index is 12.0. The van der Waals surface area contributed by atoms with E-state index in [1.165, 1.54) is 10.4 Å². The van der Waals surface area contributed by atoms with E-state index < -0.39 is 0 Å². The molecule has 2 nitrogen and oxygen atoms in total. The highest BCUT2D eigenvalue weighted by Crippen LogP contribution is 2.18. The van der Waals surface area contributed by atoms with Crippen molar-refractivity contribution in [3.63, 3.8) is 0 Å². The molecule has 0 saturated carbocycles. The Morgan fingerprint density at radius 2 is 1.85 bits per heavy atom. The first kappa shape index (κ1) is 14.8. The lowest BCUT2D eigenvalue weighted by atomic mass is 10.1. The van der Waals surface area contributed by atoms with E-state index in [0.717, 1.165) is 29.9 Å². The van der Waals surface area contributed by atoms with Gasteiger partial charge in [-0.2, -0.15) is 0 Å². The second-order valence-electron chi connectivity index (χ2n) is 4.73. The van der Waals surface area contributed by atoms with Crippen molar-refractivity contribution in [2.45, 2.75) is 33.1 Å². The molecule has 3 heteroatoms. The molecule has 0 aliphatic carbocycles. The Balaban J connectivity index is 1.89. The fraction of sp³-hybridized carbons (Fsp3) is 0.353. The Kier molecular flexibility index (Phi) is 5.36. The van der Waals surface area contributed by atoms with Gasteiger partial charge in [-0.05, 0) is 42.7 Å². The van der Waals surface area contributed by atoms with Crippen molar-refractivity contribution in [1.29, 1.82) is 0 Å². The van der Waals surface area contributed by atoms with E-state index >= 15 is 0 Å². The van der Waals surface area contributed by atoms with Gasteiger partial charge in [0, 0.05) is 4.88 Å². The molecule has 2 rings (SSSR count).